The number of hydrogen-bond donors (Lipinski definition) is 1. The Kier molecular flexibility index (Phi) is 7.16. The first-order valence-electron chi connectivity index (χ1n) is 9.41. The number of fused-ring (bicyclic) bond motifs is 1. The molecule has 0 radical (unpaired) electrons. The molecule has 0 aliphatic rings. The van der Waals surface area contributed by atoms with Crippen molar-refractivity contribution in [1.29, 1.82) is 0 Å². The molecule has 11 heteroatoms. The Balaban J connectivity index is 1.80. The van der Waals surface area contributed by atoms with E-state index in [9.17, 15) is 26.7 Å². The third-order valence-electron chi connectivity index (χ3n) is 4.67. The summed E-state index contributed by atoms with van der Waals surface area (Å²) in [6.07, 6.45) is 0.00830. The Morgan fingerprint density at radius 1 is 1.10 bits per heavy atom. The van der Waals surface area contributed by atoms with E-state index >= 15 is 0 Å². The van der Waals surface area contributed by atoms with Gasteiger partial charge in [-0.15, -0.1) is 0 Å². The van der Waals surface area contributed by atoms with Crippen molar-refractivity contribution in [3.05, 3.63) is 52.3 Å². The Morgan fingerprint density at radius 3 is 2.55 bits per heavy atom. The van der Waals surface area contributed by atoms with Gasteiger partial charge in [-0.05, 0) is 43.5 Å². The first-order valence-corrected chi connectivity index (χ1v) is 9.41. The molecular formula is C20H19F5N4O2. The number of aryl methyl sites for hydroxylation is 1. The molecule has 0 aliphatic heterocycles. The van der Waals surface area contributed by atoms with Crippen molar-refractivity contribution in [3.63, 3.8) is 0 Å². The molecule has 0 atom stereocenters. The molecule has 0 bridgehead atoms. The zero-order valence-electron chi connectivity index (χ0n) is 16.2. The highest BCUT2D eigenvalue weighted by Gasteiger charge is 2.16. The third kappa shape index (κ3) is 5.35. The Morgan fingerprint density at radius 2 is 1.87 bits per heavy atom. The third-order valence-corrected chi connectivity index (χ3v) is 4.67. The highest BCUT2D eigenvalue weighted by molar-refractivity contribution is 5.83. The number of unbranched alkanes of at least 4 members (excludes halogenated alkanes) is 2. The number of ether oxygens (including phenoxy) is 1. The molecule has 0 aliphatic carbocycles. The molecule has 1 aromatic carbocycles. The number of nitrogens with two attached hydrogens (primary N) is 1. The van der Waals surface area contributed by atoms with Crippen LogP contribution in [0.1, 0.15) is 31.3 Å². The topological polar surface area (TPSA) is 83.0 Å². The van der Waals surface area contributed by atoms with Gasteiger partial charge in [0.1, 0.15) is 11.6 Å². The van der Waals surface area contributed by atoms with E-state index in [-0.39, 0.29) is 35.3 Å². The van der Waals surface area contributed by atoms with Crippen LogP contribution >= 0.6 is 0 Å². The number of aromatic nitrogens is 3. The molecule has 0 unspecified atom stereocenters. The van der Waals surface area contributed by atoms with Gasteiger partial charge < -0.3 is 10.5 Å². The van der Waals surface area contributed by atoms with Crippen LogP contribution in [-0.2, 0) is 11.3 Å². The summed E-state index contributed by atoms with van der Waals surface area (Å²) in [5, 5.41) is 0.0435. The van der Waals surface area contributed by atoms with Crippen molar-refractivity contribution < 1.29 is 26.7 Å². The summed E-state index contributed by atoms with van der Waals surface area (Å²) in [6, 6.07) is 4.62. The highest BCUT2D eigenvalue weighted by atomic mass is 19.3. The van der Waals surface area contributed by atoms with Gasteiger partial charge in [-0.2, -0.15) is 8.78 Å². The van der Waals surface area contributed by atoms with Crippen molar-refractivity contribution >= 4 is 16.7 Å². The molecule has 0 saturated heterocycles. The van der Waals surface area contributed by atoms with Gasteiger partial charge in [-0.1, -0.05) is 0 Å². The van der Waals surface area contributed by atoms with Gasteiger partial charge in [-0.3, -0.25) is 9.36 Å². The fraction of sp³-hybridized carbons (Fsp3) is 0.350. The number of hydrogen-bond acceptors (Lipinski definition) is 5. The lowest BCUT2D eigenvalue weighted by molar-refractivity contribution is -0.129. The van der Waals surface area contributed by atoms with Crippen molar-refractivity contribution in [2.75, 3.05) is 12.3 Å². The van der Waals surface area contributed by atoms with Gasteiger partial charge in [0.25, 0.3) is 12.0 Å². The van der Waals surface area contributed by atoms with Crippen LogP contribution in [-0.4, -0.2) is 27.8 Å². The van der Waals surface area contributed by atoms with Crippen molar-refractivity contribution in [1.82, 2.24) is 14.5 Å². The molecule has 6 nitrogen and oxygen atoms in total. The van der Waals surface area contributed by atoms with Crippen LogP contribution in [0.3, 0.4) is 0 Å². The predicted molar refractivity (Wildman–Crippen MR) is 104 cm³/mol. The number of anilines is 1. The standard InChI is InChI=1S/C20H19F5N4O2/c21-14-8-13-16(9-12(14)15-5-4-11(17(22)23)18(26)28-15)27-10-29(19(13)30)6-2-1-3-7-31-20(24)25/h4-5,8-10,17,20H,1-3,6-7H2,(H2,26,28). The molecule has 0 amide bonds. The van der Waals surface area contributed by atoms with Gasteiger partial charge in [0.15, 0.2) is 0 Å². The van der Waals surface area contributed by atoms with Crippen LogP contribution in [0.4, 0.5) is 27.8 Å². The lowest BCUT2D eigenvalue weighted by Gasteiger charge is -2.10. The van der Waals surface area contributed by atoms with E-state index in [0.29, 0.717) is 19.3 Å². The second kappa shape index (κ2) is 9.82. The molecule has 0 spiro atoms. The Bertz CT molecular complexity index is 1120. The molecule has 2 heterocycles. The molecule has 0 saturated carbocycles. The Labute approximate surface area is 173 Å². The van der Waals surface area contributed by atoms with Crippen LogP contribution < -0.4 is 11.3 Å². The van der Waals surface area contributed by atoms with Crippen molar-refractivity contribution in [2.45, 2.75) is 38.8 Å². The maximum atomic E-state index is 14.7. The van der Waals surface area contributed by atoms with Gasteiger partial charge in [-0.25, -0.2) is 23.1 Å². The number of halogens is 5. The van der Waals surface area contributed by atoms with Gasteiger partial charge in [0.05, 0.1) is 35.1 Å². The largest absolute Gasteiger partial charge is 0.383 e. The van der Waals surface area contributed by atoms with Gasteiger partial charge in [0, 0.05) is 12.1 Å². The van der Waals surface area contributed by atoms with E-state index in [1.54, 1.807) is 0 Å². The summed E-state index contributed by atoms with van der Waals surface area (Å²) in [5.74, 6) is -1.18. The minimum absolute atomic E-state index is 0.0244. The maximum absolute atomic E-state index is 14.7. The number of rotatable bonds is 9. The quantitative estimate of drug-likeness (QED) is 0.389. The first-order chi connectivity index (χ1) is 14.8. The van der Waals surface area contributed by atoms with Gasteiger partial charge >= 0.3 is 6.61 Å². The number of alkyl halides is 4. The smallest absolute Gasteiger partial charge is 0.345 e. The summed E-state index contributed by atoms with van der Waals surface area (Å²) in [4.78, 5) is 20.6. The van der Waals surface area contributed by atoms with E-state index in [4.69, 9.17) is 5.73 Å². The summed E-state index contributed by atoms with van der Waals surface area (Å²) in [5.41, 5.74) is 4.85. The molecule has 166 valence electrons. The zero-order valence-corrected chi connectivity index (χ0v) is 16.2. The van der Waals surface area contributed by atoms with Crippen LogP contribution in [0.5, 0.6) is 0 Å². The number of nitrogens with zero attached hydrogens (tertiary/aromatic N) is 3. The van der Waals surface area contributed by atoms with E-state index in [1.165, 1.54) is 23.0 Å². The number of pyridine rings is 1. The zero-order chi connectivity index (χ0) is 22.5. The average Bonchev–Trinajstić information content (AvgIpc) is 2.71. The maximum Gasteiger partial charge on any atom is 0.345 e. The summed E-state index contributed by atoms with van der Waals surface area (Å²) in [6.45, 7) is -2.60. The van der Waals surface area contributed by atoms with Crippen LogP contribution in [0.2, 0.25) is 0 Å². The molecule has 3 aromatic rings. The molecule has 2 N–H and O–H groups in total. The molecule has 2 aromatic heterocycles. The van der Waals surface area contributed by atoms with Crippen LogP contribution in [0.15, 0.2) is 35.4 Å². The first kappa shape index (κ1) is 22.6. The fourth-order valence-electron chi connectivity index (χ4n) is 3.09. The molecular weight excluding hydrogens is 423 g/mol. The summed E-state index contributed by atoms with van der Waals surface area (Å²) >= 11 is 0. The van der Waals surface area contributed by atoms with Gasteiger partial charge in [0.2, 0.25) is 0 Å². The Hall–Kier alpha value is -3.08. The lowest BCUT2D eigenvalue weighted by atomic mass is 10.1. The second-order valence-corrected chi connectivity index (χ2v) is 6.76. The second-order valence-electron chi connectivity index (χ2n) is 6.76. The minimum Gasteiger partial charge on any atom is -0.383 e. The average molecular weight is 442 g/mol. The molecule has 31 heavy (non-hydrogen) atoms. The minimum atomic E-state index is -2.81. The van der Waals surface area contributed by atoms with Crippen molar-refractivity contribution in [3.8, 4) is 11.3 Å². The van der Waals surface area contributed by atoms with Crippen LogP contribution in [0.25, 0.3) is 22.2 Å². The van der Waals surface area contributed by atoms with E-state index < -0.39 is 35.8 Å². The fourth-order valence-corrected chi connectivity index (χ4v) is 3.09. The number of benzene rings is 1. The normalized spacial score (nSPS) is 11.7. The lowest BCUT2D eigenvalue weighted by Crippen LogP contribution is -2.21. The predicted octanol–water partition coefficient (Wildman–Crippen LogP) is 4.53. The monoisotopic (exact) mass is 442 g/mol. The van der Waals surface area contributed by atoms with E-state index in [1.807, 2.05) is 0 Å². The summed E-state index contributed by atoms with van der Waals surface area (Å²) < 4.78 is 69.6. The molecule has 0 fully saturated rings. The molecule has 3 rings (SSSR count). The number of nitrogen functional groups attached to an aromatic ring is 1. The SMILES string of the molecule is Nc1nc(-c2cc3ncn(CCCCCOC(F)F)c(=O)c3cc2F)ccc1C(F)F. The van der Waals surface area contributed by atoms with Crippen LogP contribution in [0, 0.1) is 5.82 Å². The highest BCUT2D eigenvalue weighted by Crippen LogP contribution is 2.29. The van der Waals surface area contributed by atoms with Crippen molar-refractivity contribution in [2.24, 2.45) is 0 Å². The summed E-state index contributed by atoms with van der Waals surface area (Å²) in [7, 11) is 0. The van der Waals surface area contributed by atoms with E-state index in [2.05, 4.69) is 14.7 Å². The van der Waals surface area contributed by atoms with E-state index in [0.717, 1.165) is 12.1 Å².